The van der Waals surface area contributed by atoms with E-state index in [0.29, 0.717) is 0 Å². The lowest BCUT2D eigenvalue weighted by Crippen LogP contribution is -2.35. The van der Waals surface area contributed by atoms with Crippen molar-refractivity contribution in [2.75, 3.05) is 19.0 Å². The molecule has 1 aromatic carbocycles. The van der Waals surface area contributed by atoms with Gasteiger partial charge in [0.1, 0.15) is 12.6 Å². The topological polar surface area (TPSA) is 28.8 Å². The predicted octanol–water partition coefficient (Wildman–Crippen LogP) is 3.13. The lowest BCUT2D eigenvalue weighted by Gasteiger charge is -2.11. The van der Waals surface area contributed by atoms with Crippen LogP contribution in [0, 0.1) is 0 Å². The molecule has 5 nitrogen and oxygen atoms in total. The molecule has 0 spiro atoms. The highest BCUT2D eigenvalue weighted by atomic mass is 15.1. The number of fused-ring (bicyclic) bond motifs is 1. The molecule has 146 valence electrons. The van der Waals surface area contributed by atoms with Gasteiger partial charge in [-0.05, 0) is 47.0 Å². The van der Waals surface area contributed by atoms with E-state index in [0.717, 1.165) is 28.4 Å². The summed E-state index contributed by atoms with van der Waals surface area (Å²) in [6.45, 7) is 0. The standard InChI is InChI=1S/C24H27N5/c1-26(2)19-14-11-18(12-15-19)13-16-20-8-6-9-22(28(20)4)24-25-23-21(29(24)5)10-7-17-27(23)3/h6-17H,1-5H3/q+2. The number of aryl methyl sites for hydroxylation is 2. The summed E-state index contributed by atoms with van der Waals surface area (Å²) in [6.07, 6.45) is 6.32. The molecule has 4 aromatic rings. The Hall–Kier alpha value is -3.47. The van der Waals surface area contributed by atoms with Gasteiger partial charge in [0.15, 0.2) is 0 Å². The Bertz CT molecular complexity index is 1200. The fraction of sp³-hybridized carbons (Fsp3) is 0.208. The van der Waals surface area contributed by atoms with Gasteiger partial charge < -0.3 is 4.90 Å². The fourth-order valence-corrected chi connectivity index (χ4v) is 3.56. The van der Waals surface area contributed by atoms with E-state index in [4.69, 9.17) is 4.98 Å². The van der Waals surface area contributed by atoms with Crippen molar-refractivity contribution >= 4 is 29.0 Å². The number of hydrogen-bond acceptors (Lipinski definition) is 2. The predicted molar refractivity (Wildman–Crippen MR) is 118 cm³/mol. The molecule has 5 heteroatoms. The number of anilines is 1. The molecule has 3 aromatic heterocycles. The number of pyridine rings is 2. The Kier molecular flexibility index (Phi) is 4.89. The summed E-state index contributed by atoms with van der Waals surface area (Å²) in [5, 5.41) is 0. The van der Waals surface area contributed by atoms with E-state index in [9.17, 15) is 0 Å². The summed E-state index contributed by atoms with van der Waals surface area (Å²) < 4.78 is 6.39. The highest BCUT2D eigenvalue weighted by Crippen LogP contribution is 2.20. The summed E-state index contributed by atoms with van der Waals surface area (Å²) in [5.41, 5.74) is 6.67. The number of imidazole rings is 1. The van der Waals surface area contributed by atoms with Gasteiger partial charge in [-0.2, -0.15) is 4.57 Å². The molecule has 0 aliphatic heterocycles. The Morgan fingerprint density at radius 2 is 1.69 bits per heavy atom. The molecule has 0 N–H and O–H groups in total. The third-order valence-corrected chi connectivity index (χ3v) is 5.37. The van der Waals surface area contributed by atoms with Crippen LogP contribution in [0.25, 0.3) is 34.8 Å². The molecule has 3 heterocycles. The van der Waals surface area contributed by atoms with E-state index < -0.39 is 0 Å². The van der Waals surface area contributed by atoms with Crippen LogP contribution in [0.1, 0.15) is 11.3 Å². The summed E-state index contributed by atoms with van der Waals surface area (Å²) >= 11 is 0. The van der Waals surface area contributed by atoms with Crippen molar-refractivity contribution in [3.63, 3.8) is 0 Å². The maximum absolute atomic E-state index is 4.90. The van der Waals surface area contributed by atoms with Crippen molar-refractivity contribution in [2.24, 2.45) is 21.1 Å². The molecule has 4 rings (SSSR count). The minimum absolute atomic E-state index is 0.954. The highest BCUT2D eigenvalue weighted by molar-refractivity contribution is 5.73. The van der Waals surface area contributed by atoms with Crippen LogP contribution in [0.3, 0.4) is 0 Å². The van der Waals surface area contributed by atoms with Crippen molar-refractivity contribution in [1.82, 2.24) is 9.55 Å². The van der Waals surface area contributed by atoms with E-state index in [1.54, 1.807) is 0 Å². The van der Waals surface area contributed by atoms with Crippen molar-refractivity contribution in [3.05, 3.63) is 72.1 Å². The number of nitrogens with zero attached hydrogens (tertiary/aromatic N) is 5. The monoisotopic (exact) mass is 385 g/mol. The molecule has 0 saturated heterocycles. The van der Waals surface area contributed by atoms with Crippen LogP contribution in [-0.2, 0) is 21.1 Å². The van der Waals surface area contributed by atoms with Crippen molar-refractivity contribution in [2.45, 2.75) is 0 Å². The van der Waals surface area contributed by atoms with Crippen LogP contribution in [0.15, 0.2) is 60.8 Å². The molecule has 0 bridgehead atoms. The molecular formula is C24H27N5+2. The Morgan fingerprint density at radius 3 is 2.38 bits per heavy atom. The first-order valence-electron chi connectivity index (χ1n) is 9.71. The van der Waals surface area contributed by atoms with Gasteiger partial charge in [0.2, 0.25) is 5.69 Å². The van der Waals surface area contributed by atoms with E-state index in [2.05, 4.69) is 114 Å². The fourth-order valence-electron chi connectivity index (χ4n) is 3.56. The van der Waals surface area contributed by atoms with E-state index in [-0.39, 0.29) is 0 Å². The van der Waals surface area contributed by atoms with E-state index in [1.807, 2.05) is 13.2 Å². The van der Waals surface area contributed by atoms with Crippen LogP contribution in [0.5, 0.6) is 0 Å². The Balaban J connectivity index is 1.71. The van der Waals surface area contributed by atoms with E-state index in [1.165, 1.54) is 11.3 Å². The van der Waals surface area contributed by atoms with Gasteiger partial charge >= 0.3 is 11.5 Å². The van der Waals surface area contributed by atoms with Gasteiger partial charge in [0.05, 0.1) is 13.2 Å². The zero-order chi connectivity index (χ0) is 20.5. The summed E-state index contributed by atoms with van der Waals surface area (Å²) in [7, 11) is 10.3. The third kappa shape index (κ3) is 3.51. The van der Waals surface area contributed by atoms with Crippen LogP contribution in [0.4, 0.5) is 5.69 Å². The molecule has 0 aliphatic rings. The summed E-state index contributed by atoms with van der Waals surface area (Å²) in [4.78, 5) is 7.01. The molecule has 0 amide bonds. The normalized spacial score (nSPS) is 11.5. The maximum atomic E-state index is 4.90. The first-order valence-corrected chi connectivity index (χ1v) is 9.71. The minimum atomic E-state index is 0.954. The van der Waals surface area contributed by atoms with Crippen molar-refractivity contribution in [3.8, 4) is 11.5 Å². The van der Waals surface area contributed by atoms with Crippen LogP contribution < -0.4 is 14.0 Å². The first-order chi connectivity index (χ1) is 14.0. The SMILES string of the molecule is CN(C)c1ccc(/C=C/c2cccc(-c3nc4c(ccc[n+]4C)n3C)[n+]2C)cc1. The quantitative estimate of drug-likeness (QED) is 0.505. The van der Waals surface area contributed by atoms with Gasteiger partial charge in [-0.15, -0.1) is 0 Å². The van der Waals surface area contributed by atoms with E-state index >= 15 is 0 Å². The molecule has 0 aliphatic carbocycles. The smallest absolute Gasteiger partial charge is 0.349 e. The molecule has 0 radical (unpaired) electrons. The Labute approximate surface area is 171 Å². The van der Waals surface area contributed by atoms with Crippen LogP contribution in [0.2, 0.25) is 0 Å². The second-order valence-electron chi connectivity index (χ2n) is 7.54. The molecule has 0 atom stereocenters. The van der Waals surface area contributed by atoms with Gasteiger partial charge in [-0.1, -0.05) is 12.1 Å². The maximum Gasteiger partial charge on any atom is 0.349 e. The van der Waals surface area contributed by atoms with Crippen molar-refractivity contribution in [1.29, 1.82) is 0 Å². The van der Waals surface area contributed by atoms with Crippen LogP contribution in [-0.4, -0.2) is 23.6 Å². The zero-order valence-electron chi connectivity index (χ0n) is 17.7. The number of hydrogen-bond donors (Lipinski definition) is 0. The minimum Gasteiger partial charge on any atom is -0.378 e. The molecule has 0 unspecified atom stereocenters. The lowest BCUT2D eigenvalue weighted by molar-refractivity contribution is -0.662. The number of benzene rings is 1. The van der Waals surface area contributed by atoms with Gasteiger partial charge in [-0.25, -0.2) is 4.57 Å². The Morgan fingerprint density at radius 1 is 0.931 bits per heavy atom. The largest absolute Gasteiger partial charge is 0.378 e. The van der Waals surface area contributed by atoms with Gasteiger partial charge in [0.25, 0.3) is 5.69 Å². The average molecular weight is 386 g/mol. The third-order valence-electron chi connectivity index (χ3n) is 5.37. The summed E-state index contributed by atoms with van der Waals surface area (Å²) in [5.74, 6) is 0.954. The second-order valence-corrected chi connectivity index (χ2v) is 7.54. The van der Waals surface area contributed by atoms with Gasteiger partial charge in [0, 0.05) is 45.0 Å². The number of rotatable bonds is 4. The lowest BCUT2D eigenvalue weighted by atomic mass is 10.1. The molecule has 29 heavy (non-hydrogen) atoms. The molecule has 0 saturated carbocycles. The van der Waals surface area contributed by atoms with Crippen LogP contribution >= 0.6 is 0 Å². The van der Waals surface area contributed by atoms with Crippen molar-refractivity contribution < 1.29 is 9.13 Å². The first kappa shape index (κ1) is 18.9. The summed E-state index contributed by atoms with van der Waals surface area (Å²) in [6, 6.07) is 19.0. The average Bonchev–Trinajstić information content (AvgIpc) is 3.05. The number of aromatic nitrogens is 4. The molecule has 0 fully saturated rings. The zero-order valence-corrected chi connectivity index (χ0v) is 17.7. The van der Waals surface area contributed by atoms with Gasteiger partial charge in [-0.3, -0.25) is 4.57 Å². The molecular weight excluding hydrogens is 358 g/mol. The highest BCUT2D eigenvalue weighted by Gasteiger charge is 2.26. The second kappa shape index (κ2) is 7.51.